The summed E-state index contributed by atoms with van der Waals surface area (Å²) in [5.74, 6) is -0.984. The zero-order valence-corrected chi connectivity index (χ0v) is 16.0. The highest BCUT2D eigenvalue weighted by atomic mass is 32.2. The van der Waals surface area contributed by atoms with Crippen LogP contribution < -0.4 is 0 Å². The summed E-state index contributed by atoms with van der Waals surface area (Å²) in [5, 5.41) is 0. The Morgan fingerprint density at radius 3 is 2.33 bits per heavy atom. The number of carbonyl (C=O) groups excluding carboxylic acids is 2. The summed E-state index contributed by atoms with van der Waals surface area (Å²) in [4.78, 5) is 26.4. The third-order valence-electron chi connectivity index (χ3n) is 3.88. The highest BCUT2D eigenvalue weighted by Crippen LogP contribution is 2.16. The van der Waals surface area contributed by atoms with Crippen LogP contribution in [0.3, 0.4) is 0 Å². The summed E-state index contributed by atoms with van der Waals surface area (Å²) >= 11 is 0. The van der Waals surface area contributed by atoms with Crippen LogP contribution in [-0.2, 0) is 19.6 Å². The number of aromatic amines is 1. The van der Waals surface area contributed by atoms with Crippen molar-refractivity contribution in [3.05, 3.63) is 59.9 Å². The van der Waals surface area contributed by atoms with E-state index in [0.29, 0.717) is 24.3 Å². The molecular formula is C19H22N2O5S. The van der Waals surface area contributed by atoms with Crippen molar-refractivity contribution in [3.8, 4) is 0 Å². The molecule has 1 aromatic heterocycles. The van der Waals surface area contributed by atoms with Gasteiger partial charge in [-0.25, -0.2) is 13.2 Å². The van der Waals surface area contributed by atoms with Gasteiger partial charge in [0.2, 0.25) is 15.8 Å². The Bertz CT molecular complexity index is 896. The summed E-state index contributed by atoms with van der Waals surface area (Å²) in [6.45, 7) is 4.00. The molecule has 0 aliphatic heterocycles. The number of rotatable bonds is 9. The number of aromatic nitrogens is 1. The third-order valence-corrected chi connectivity index (χ3v) is 5.94. The molecule has 1 heterocycles. The Hall–Kier alpha value is -2.71. The molecule has 0 radical (unpaired) electrons. The van der Waals surface area contributed by atoms with Crippen LogP contribution in [0, 0.1) is 0 Å². The van der Waals surface area contributed by atoms with Crippen molar-refractivity contribution in [1.82, 2.24) is 9.29 Å². The molecule has 144 valence electrons. The van der Waals surface area contributed by atoms with Crippen molar-refractivity contribution in [2.75, 3.05) is 19.7 Å². The number of ketones is 1. The molecule has 1 N–H and O–H groups in total. The van der Waals surface area contributed by atoms with E-state index in [1.165, 1.54) is 28.6 Å². The van der Waals surface area contributed by atoms with E-state index in [1.807, 2.05) is 0 Å². The van der Waals surface area contributed by atoms with Crippen LogP contribution in [0.1, 0.15) is 29.9 Å². The Morgan fingerprint density at radius 2 is 1.78 bits per heavy atom. The number of Topliss-reactive ketones (excluding diaryl/α,β-unsaturated/α-hetero) is 1. The molecule has 0 saturated carbocycles. The number of hydrogen-bond acceptors (Lipinski definition) is 5. The predicted molar refractivity (Wildman–Crippen MR) is 102 cm³/mol. The van der Waals surface area contributed by atoms with Gasteiger partial charge in [0, 0.05) is 25.4 Å². The zero-order chi connectivity index (χ0) is 19.9. The van der Waals surface area contributed by atoms with E-state index in [0.717, 1.165) is 0 Å². The summed E-state index contributed by atoms with van der Waals surface area (Å²) < 4.78 is 31.1. The van der Waals surface area contributed by atoms with E-state index < -0.39 is 16.0 Å². The highest BCUT2D eigenvalue weighted by Gasteiger charge is 2.20. The molecule has 8 heteroatoms. The first-order valence-electron chi connectivity index (χ1n) is 8.50. The maximum atomic E-state index is 12.4. The second kappa shape index (κ2) is 9.29. The van der Waals surface area contributed by atoms with Gasteiger partial charge in [0.15, 0.2) is 6.61 Å². The van der Waals surface area contributed by atoms with Crippen LogP contribution in [0.15, 0.2) is 53.6 Å². The molecule has 7 nitrogen and oxygen atoms in total. The van der Waals surface area contributed by atoms with Crippen molar-refractivity contribution < 1.29 is 22.7 Å². The van der Waals surface area contributed by atoms with Crippen LogP contribution >= 0.6 is 0 Å². The van der Waals surface area contributed by atoms with E-state index >= 15 is 0 Å². The number of esters is 1. The Balaban J connectivity index is 1.95. The first-order valence-corrected chi connectivity index (χ1v) is 9.94. The normalized spacial score (nSPS) is 11.8. The topological polar surface area (TPSA) is 96.5 Å². The molecule has 0 spiro atoms. The fraction of sp³-hybridized carbons (Fsp3) is 0.263. The number of nitrogens with one attached hydrogen (secondary N) is 1. The van der Waals surface area contributed by atoms with Gasteiger partial charge in [-0.05, 0) is 35.9 Å². The lowest BCUT2D eigenvalue weighted by Crippen LogP contribution is -2.30. The van der Waals surface area contributed by atoms with Crippen molar-refractivity contribution in [2.45, 2.75) is 18.7 Å². The predicted octanol–water partition coefficient (Wildman–Crippen LogP) is 2.48. The number of carbonyl (C=O) groups is 2. The molecule has 0 aliphatic rings. The summed E-state index contributed by atoms with van der Waals surface area (Å²) in [6, 6.07) is 9.47. The lowest BCUT2D eigenvalue weighted by Gasteiger charge is -2.18. The average molecular weight is 390 g/mol. The van der Waals surface area contributed by atoms with E-state index in [4.69, 9.17) is 4.74 Å². The first-order chi connectivity index (χ1) is 12.9. The first kappa shape index (κ1) is 20.6. The molecule has 0 fully saturated rings. The Labute approximate surface area is 158 Å². The van der Waals surface area contributed by atoms with Crippen LogP contribution in [0.2, 0.25) is 0 Å². The molecule has 1 aromatic carbocycles. The zero-order valence-electron chi connectivity index (χ0n) is 15.2. The van der Waals surface area contributed by atoms with Crippen LogP contribution in [-0.4, -0.2) is 49.2 Å². The number of hydrogen-bond donors (Lipinski definition) is 1. The van der Waals surface area contributed by atoms with E-state index in [9.17, 15) is 18.0 Å². The molecule has 0 amide bonds. The third kappa shape index (κ3) is 5.38. The van der Waals surface area contributed by atoms with Crippen LogP contribution in [0.5, 0.6) is 0 Å². The van der Waals surface area contributed by atoms with E-state index in [2.05, 4.69) is 4.98 Å². The van der Waals surface area contributed by atoms with Crippen molar-refractivity contribution >= 4 is 27.9 Å². The minimum Gasteiger partial charge on any atom is -0.454 e. The van der Waals surface area contributed by atoms with Crippen LogP contribution in [0.25, 0.3) is 6.08 Å². The molecule has 0 atom stereocenters. The summed E-state index contributed by atoms with van der Waals surface area (Å²) in [5.41, 5.74) is 1.01. The van der Waals surface area contributed by atoms with E-state index in [1.54, 1.807) is 44.3 Å². The van der Waals surface area contributed by atoms with Crippen LogP contribution in [0.4, 0.5) is 0 Å². The van der Waals surface area contributed by atoms with Gasteiger partial charge in [0.05, 0.1) is 10.6 Å². The smallest absolute Gasteiger partial charge is 0.331 e. The number of nitrogens with zero attached hydrogens (tertiary/aromatic N) is 1. The van der Waals surface area contributed by atoms with Crippen molar-refractivity contribution in [1.29, 1.82) is 0 Å². The second-order valence-corrected chi connectivity index (χ2v) is 7.54. The van der Waals surface area contributed by atoms with Gasteiger partial charge in [-0.1, -0.05) is 26.0 Å². The number of H-pyrrole nitrogens is 1. The quantitative estimate of drug-likeness (QED) is 0.403. The van der Waals surface area contributed by atoms with Gasteiger partial charge in [0.1, 0.15) is 0 Å². The minimum atomic E-state index is -3.51. The summed E-state index contributed by atoms with van der Waals surface area (Å²) in [6.07, 6.45) is 4.30. The molecule has 2 aromatic rings. The SMILES string of the molecule is CCN(CC)S(=O)(=O)c1ccc(C=CC(=O)OCC(=O)c2ccc[nH]2)cc1. The van der Waals surface area contributed by atoms with Gasteiger partial charge >= 0.3 is 5.97 Å². The van der Waals surface area contributed by atoms with Crippen molar-refractivity contribution in [3.63, 3.8) is 0 Å². The minimum absolute atomic E-state index is 0.197. The molecular weight excluding hydrogens is 368 g/mol. The molecule has 0 aliphatic carbocycles. The van der Waals surface area contributed by atoms with Gasteiger partial charge in [0.25, 0.3) is 0 Å². The number of benzene rings is 1. The molecule has 0 unspecified atom stereocenters. The number of ether oxygens (including phenoxy) is 1. The lowest BCUT2D eigenvalue weighted by atomic mass is 10.2. The fourth-order valence-corrected chi connectivity index (χ4v) is 3.85. The molecule has 27 heavy (non-hydrogen) atoms. The molecule has 0 saturated heterocycles. The number of sulfonamides is 1. The maximum absolute atomic E-state index is 12.4. The Morgan fingerprint density at radius 1 is 1.11 bits per heavy atom. The maximum Gasteiger partial charge on any atom is 0.331 e. The average Bonchev–Trinajstić information content (AvgIpc) is 3.20. The second-order valence-electron chi connectivity index (χ2n) is 5.61. The van der Waals surface area contributed by atoms with E-state index in [-0.39, 0.29) is 17.3 Å². The largest absolute Gasteiger partial charge is 0.454 e. The fourth-order valence-electron chi connectivity index (χ4n) is 2.39. The Kier molecular flexibility index (Phi) is 7.09. The lowest BCUT2D eigenvalue weighted by molar-refractivity contribution is -0.136. The monoisotopic (exact) mass is 390 g/mol. The standard InChI is InChI=1S/C19H22N2O5S/c1-3-21(4-2)27(24,25)16-10-7-15(8-11-16)9-12-19(23)26-14-18(22)17-6-5-13-20-17/h5-13,20H,3-4,14H2,1-2H3. The van der Waals surface area contributed by atoms with Gasteiger partial charge < -0.3 is 9.72 Å². The van der Waals surface area contributed by atoms with Gasteiger partial charge in [-0.3, -0.25) is 4.79 Å². The van der Waals surface area contributed by atoms with Crippen molar-refractivity contribution in [2.24, 2.45) is 0 Å². The highest BCUT2D eigenvalue weighted by molar-refractivity contribution is 7.89. The molecule has 2 rings (SSSR count). The summed E-state index contributed by atoms with van der Waals surface area (Å²) in [7, 11) is -3.51. The van der Waals surface area contributed by atoms with Gasteiger partial charge in [-0.15, -0.1) is 0 Å². The molecule has 0 bridgehead atoms. The van der Waals surface area contributed by atoms with Gasteiger partial charge in [-0.2, -0.15) is 4.31 Å².